The number of hydrogen-bond donors (Lipinski definition) is 0. The van der Waals surface area contributed by atoms with Crippen LogP contribution in [-0.2, 0) is 10.8 Å². The molecule has 120 valence electrons. The molecule has 0 spiro atoms. The van der Waals surface area contributed by atoms with Crippen LogP contribution in [0.15, 0.2) is 18.2 Å². The lowest BCUT2D eigenvalue weighted by Crippen LogP contribution is -2.51. The fraction of sp³-hybridized carbons (Fsp3) is 0.600. The van der Waals surface area contributed by atoms with Crippen LogP contribution in [0.4, 0.5) is 26.3 Å². The van der Waals surface area contributed by atoms with Crippen LogP contribution in [-0.4, -0.2) is 12.4 Å². The number of halogens is 6. The number of alkyl halides is 6. The van der Waals surface area contributed by atoms with Crippen molar-refractivity contribution in [3.8, 4) is 0 Å². The first-order valence-corrected chi connectivity index (χ1v) is 6.37. The molecule has 0 atom stereocenters. The van der Waals surface area contributed by atoms with Crippen molar-refractivity contribution in [2.45, 2.75) is 57.8 Å². The lowest BCUT2D eigenvalue weighted by Gasteiger charge is -2.35. The third kappa shape index (κ3) is 3.19. The molecule has 0 unspecified atom stereocenters. The predicted molar refractivity (Wildman–Crippen MR) is 69.3 cm³/mol. The maximum atomic E-state index is 13.1. The van der Waals surface area contributed by atoms with E-state index in [1.807, 2.05) is 0 Å². The zero-order valence-corrected chi connectivity index (χ0v) is 12.5. The van der Waals surface area contributed by atoms with Gasteiger partial charge in [0.05, 0.1) is 0 Å². The highest BCUT2D eigenvalue weighted by molar-refractivity contribution is 5.39. The van der Waals surface area contributed by atoms with Gasteiger partial charge < -0.3 is 0 Å². The van der Waals surface area contributed by atoms with Crippen molar-refractivity contribution >= 4 is 0 Å². The monoisotopic (exact) mass is 312 g/mol. The van der Waals surface area contributed by atoms with Crippen molar-refractivity contribution < 1.29 is 26.3 Å². The largest absolute Gasteiger partial charge is 0.406 e. The third-order valence-corrected chi connectivity index (χ3v) is 3.65. The molecule has 0 bridgehead atoms. The van der Waals surface area contributed by atoms with Gasteiger partial charge in [0.15, 0.2) is 5.41 Å². The van der Waals surface area contributed by atoms with E-state index in [1.54, 1.807) is 26.8 Å². The number of aryl methyl sites for hydroxylation is 1. The topological polar surface area (TPSA) is 0 Å². The van der Waals surface area contributed by atoms with Crippen LogP contribution in [0.25, 0.3) is 0 Å². The molecule has 0 saturated heterocycles. The molecule has 21 heavy (non-hydrogen) atoms. The molecule has 0 aromatic heterocycles. The van der Waals surface area contributed by atoms with Crippen molar-refractivity contribution in [3.63, 3.8) is 0 Å². The van der Waals surface area contributed by atoms with Gasteiger partial charge >= 0.3 is 12.4 Å². The Morgan fingerprint density at radius 1 is 0.667 bits per heavy atom. The highest BCUT2D eigenvalue weighted by Gasteiger charge is 2.68. The van der Waals surface area contributed by atoms with Crippen LogP contribution in [0.5, 0.6) is 0 Å². The van der Waals surface area contributed by atoms with E-state index in [9.17, 15) is 26.3 Å². The summed E-state index contributed by atoms with van der Waals surface area (Å²) < 4.78 is 78.8. The van der Waals surface area contributed by atoms with Crippen LogP contribution in [0.2, 0.25) is 0 Å². The highest BCUT2D eigenvalue weighted by Crippen LogP contribution is 2.52. The van der Waals surface area contributed by atoms with Gasteiger partial charge in [-0.3, -0.25) is 0 Å². The molecule has 0 saturated carbocycles. The van der Waals surface area contributed by atoms with Crippen molar-refractivity contribution in [3.05, 3.63) is 34.9 Å². The third-order valence-electron chi connectivity index (χ3n) is 3.65. The minimum atomic E-state index is -5.42. The van der Waals surface area contributed by atoms with E-state index < -0.39 is 28.7 Å². The molecule has 0 N–H and O–H groups in total. The Bertz CT molecular complexity index is 502. The molecule has 0 aliphatic heterocycles. The lowest BCUT2D eigenvalue weighted by atomic mass is 9.76. The van der Waals surface area contributed by atoms with E-state index in [4.69, 9.17) is 0 Å². The van der Waals surface area contributed by atoms with E-state index in [0.29, 0.717) is 11.1 Å². The molecule has 1 rings (SSSR count). The average molecular weight is 312 g/mol. The van der Waals surface area contributed by atoms with Crippen molar-refractivity contribution in [1.82, 2.24) is 0 Å². The van der Waals surface area contributed by atoms with E-state index in [1.165, 1.54) is 6.92 Å². The van der Waals surface area contributed by atoms with Gasteiger partial charge in [-0.1, -0.05) is 44.5 Å². The van der Waals surface area contributed by atoms with E-state index in [-0.39, 0.29) is 6.92 Å². The summed E-state index contributed by atoms with van der Waals surface area (Å²) >= 11 is 0. The second kappa shape index (κ2) is 4.92. The predicted octanol–water partition coefficient (Wildman–Crippen LogP) is 5.67. The van der Waals surface area contributed by atoms with Crippen LogP contribution in [0.3, 0.4) is 0 Å². The summed E-state index contributed by atoms with van der Waals surface area (Å²) in [6, 6.07) is 3.57. The second-order valence-electron chi connectivity index (χ2n) is 6.46. The summed E-state index contributed by atoms with van der Waals surface area (Å²) in [6.45, 7) is 6.90. The molecular weight excluding hydrogens is 294 g/mol. The van der Waals surface area contributed by atoms with Crippen molar-refractivity contribution in [2.24, 2.45) is 0 Å². The molecule has 0 fully saturated rings. The van der Waals surface area contributed by atoms with Gasteiger partial charge in [0, 0.05) is 0 Å². The Labute approximate surface area is 120 Å². The molecule has 0 nitrogen and oxygen atoms in total. The summed E-state index contributed by atoms with van der Waals surface area (Å²) in [5, 5.41) is 0. The summed E-state index contributed by atoms with van der Waals surface area (Å²) in [4.78, 5) is 0. The molecule has 1 aromatic carbocycles. The Hall–Kier alpha value is -1.20. The minimum Gasteiger partial charge on any atom is -0.170 e. The molecule has 0 aliphatic rings. The first-order chi connectivity index (χ1) is 9.10. The van der Waals surface area contributed by atoms with E-state index >= 15 is 0 Å². The van der Waals surface area contributed by atoms with Crippen molar-refractivity contribution in [2.75, 3.05) is 0 Å². The summed E-state index contributed by atoms with van der Waals surface area (Å²) in [6.07, 6.45) is -10.8. The first-order valence-electron chi connectivity index (χ1n) is 6.37. The Kier molecular flexibility index (Phi) is 4.18. The molecular formula is C15H18F6. The van der Waals surface area contributed by atoms with Crippen LogP contribution >= 0.6 is 0 Å². The number of rotatable bonds is 1. The average Bonchev–Trinajstić information content (AvgIpc) is 2.22. The van der Waals surface area contributed by atoms with Gasteiger partial charge in [-0.05, 0) is 30.4 Å². The number of benzene rings is 1. The van der Waals surface area contributed by atoms with Gasteiger partial charge in [0.1, 0.15) is 0 Å². The maximum absolute atomic E-state index is 13.1. The molecule has 6 heteroatoms. The molecule has 0 amide bonds. The molecule has 0 radical (unpaired) electrons. The fourth-order valence-electron chi connectivity index (χ4n) is 1.99. The van der Waals surface area contributed by atoms with Gasteiger partial charge in [0.25, 0.3) is 0 Å². The standard InChI is InChI=1S/C15H18F6/c1-9-6-10(12(2,3)4)8-11(7-9)13(5,14(16,17)18)15(19,20)21/h6-8H,1-5H3. The zero-order valence-electron chi connectivity index (χ0n) is 12.5. The van der Waals surface area contributed by atoms with E-state index in [2.05, 4.69) is 0 Å². The van der Waals surface area contributed by atoms with Gasteiger partial charge in [-0.2, -0.15) is 26.3 Å². The minimum absolute atomic E-state index is 0.189. The zero-order chi connectivity index (χ0) is 16.9. The fourth-order valence-corrected chi connectivity index (χ4v) is 1.99. The smallest absolute Gasteiger partial charge is 0.170 e. The molecule has 1 aromatic rings. The van der Waals surface area contributed by atoms with Crippen molar-refractivity contribution in [1.29, 1.82) is 0 Å². The number of hydrogen-bond acceptors (Lipinski definition) is 0. The Morgan fingerprint density at radius 3 is 1.38 bits per heavy atom. The summed E-state index contributed by atoms with van der Waals surface area (Å²) in [5.74, 6) is 0. The Morgan fingerprint density at radius 2 is 1.05 bits per heavy atom. The van der Waals surface area contributed by atoms with Gasteiger partial charge in [-0.25, -0.2) is 0 Å². The lowest BCUT2D eigenvalue weighted by molar-refractivity contribution is -0.297. The highest BCUT2D eigenvalue weighted by atomic mass is 19.4. The normalized spacial score (nSPS) is 14.4. The first kappa shape index (κ1) is 17.9. The van der Waals surface area contributed by atoms with Crippen LogP contribution in [0, 0.1) is 6.92 Å². The molecule has 0 aliphatic carbocycles. The molecule has 0 heterocycles. The SMILES string of the molecule is Cc1cc(C(C)(C)C)cc(C(C)(C(F)(F)F)C(F)(F)F)c1. The van der Waals surface area contributed by atoms with Gasteiger partial charge in [-0.15, -0.1) is 0 Å². The summed E-state index contributed by atoms with van der Waals surface area (Å²) in [7, 11) is 0. The maximum Gasteiger partial charge on any atom is 0.406 e. The van der Waals surface area contributed by atoms with Gasteiger partial charge in [0.2, 0.25) is 0 Å². The van der Waals surface area contributed by atoms with E-state index in [0.717, 1.165) is 12.1 Å². The second-order valence-corrected chi connectivity index (χ2v) is 6.46. The summed E-state index contributed by atoms with van der Waals surface area (Å²) in [5.41, 5.74) is -4.38. The van der Waals surface area contributed by atoms with Crippen LogP contribution in [0.1, 0.15) is 44.4 Å². The van der Waals surface area contributed by atoms with Crippen LogP contribution < -0.4 is 0 Å². The quantitative estimate of drug-likeness (QED) is 0.586. The Balaban J connectivity index is 3.66.